The molecule has 7 heteroatoms. The number of amides is 2. The van der Waals surface area contributed by atoms with Crippen molar-refractivity contribution >= 4 is 39.8 Å². The Bertz CT molecular complexity index is 1170. The average molecular weight is 423 g/mol. The van der Waals surface area contributed by atoms with Crippen molar-refractivity contribution in [3.8, 4) is 11.5 Å². The van der Waals surface area contributed by atoms with Gasteiger partial charge in [0, 0.05) is 5.56 Å². The standard InChI is InChI=1S/C23H18FNO4S/c1-28-17-9-5-15-6-10-20(29-2)19(18(15)11-17)12-21-22(26)25(23(27)30-21)13-14-3-7-16(24)8-4-14/h3-12H,13H2,1-2H3. The number of hydrogen-bond donors (Lipinski definition) is 0. The zero-order chi connectivity index (χ0) is 21.3. The fraction of sp³-hybridized carbons (Fsp3) is 0.130. The first kappa shape index (κ1) is 20.0. The van der Waals surface area contributed by atoms with Gasteiger partial charge in [-0.1, -0.05) is 24.3 Å². The van der Waals surface area contributed by atoms with Crippen molar-refractivity contribution in [2.24, 2.45) is 0 Å². The van der Waals surface area contributed by atoms with Crippen LogP contribution in [0.2, 0.25) is 0 Å². The average Bonchev–Trinajstić information content (AvgIpc) is 3.02. The molecule has 1 heterocycles. The molecule has 1 saturated heterocycles. The van der Waals surface area contributed by atoms with E-state index in [4.69, 9.17) is 9.47 Å². The van der Waals surface area contributed by atoms with Gasteiger partial charge in [0.15, 0.2) is 0 Å². The summed E-state index contributed by atoms with van der Waals surface area (Å²) in [6.45, 7) is 0.0861. The summed E-state index contributed by atoms with van der Waals surface area (Å²) < 4.78 is 24.0. The van der Waals surface area contributed by atoms with E-state index < -0.39 is 5.91 Å². The van der Waals surface area contributed by atoms with Gasteiger partial charge < -0.3 is 9.47 Å². The molecule has 1 fully saturated rings. The van der Waals surface area contributed by atoms with E-state index in [9.17, 15) is 14.0 Å². The summed E-state index contributed by atoms with van der Waals surface area (Å²) in [5.41, 5.74) is 1.37. The summed E-state index contributed by atoms with van der Waals surface area (Å²) in [7, 11) is 3.14. The second kappa shape index (κ2) is 8.20. The van der Waals surface area contributed by atoms with Crippen molar-refractivity contribution in [2.75, 3.05) is 14.2 Å². The molecule has 0 spiro atoms. The molecule has 152 valence electrons. The van der Waals surface area contributed by atoms with Crippen LogP contribution in [0.1, 0.15) is 11.1 Å². The first-order valence-corrected chi connectivity index (χ1v) is 9.96. The van der Waals surface area contributed by atoms with Gasteiger partial charge in [-0.25, -0.2) is 4.39 Å². The zero-order valence-electron chi connectivity index (χ0n) is 16.3. The van der Waals surface area contributed by atoms with Gasteiger partial charge in [0.1, 0.15) is 17.3 Å². The number of nitrogens with zero attached hydrogens (tertiary/aromatic N) is 1. The summed E-state index contributed by atoms with van der Waals surface area (Å²) in [4.78, 5) is 26.9. The Hall–Kier alpha value is -3.32. The van der Waals surface area contributed by atoms with Crippen LogP contribution >= 0.6 is 11.8 Å². The number of benzene rings is 3. The molecule has 0 N–H and O–H groups in total. The molecule has 3 aromatic carbocycles. The van der Waals surface area contributed by atoms with Crippen molar-refractivity contribution in [2.45, 2.75) is 6.54 Å². The number of carbonyl (C=O) groups excluding carboxylic acids is 2. The maximum atomic E-state index is 13.1. The molecule has 5 nitrogen and oxygen atoms in total. The van der Waals surface area contributed by atoms with E-state index in [2.05, 4.69) is 0 Å². The van der Waals surface area contributed by atoms with Gasteiger partial charge in [-0.05, 0) is 64.5 Å². The van der Waals surface area contributed by atoms with Crippen LogP contribution < -0.4 is 9.47 Å². The maximum absolute atomic E-state index is 13.1. The van der Waals surface area contributed by atoms with Crippen LogP contribution in [0.15, 0.2) is 59.5 Å². The molecule has 4 rings (SSSR count). The number of ether oxygens (including phenoxy) is 2. The summed E-state index contributed by atoms with van der Waals surface area (Å²) in [6.07, 6.45) is 1.68. The number of halogens is 1. The van der Waals surface area contributed by atoms with Crippen LogP contribution in [0.25, 0.3) is 16.8 Å². The molecule has 0 unspecified atom stereocenters. The fourth-order valence-electron chi connectivity index (χ4n) is 3.30. The lowest BCUT2D eigenvalue weighted by atomic mass is 10.0. The predicted molar refractivity (Wildman–Crippen MR) is 115 cm³/mol. The maximum Gasteiger partial charge on any atom is 0.293 e. The SMILES string of the molecule is COc1ccc2ccc(OC)c(C=C3SC(=O)N(Cc4ccc(F)cc4)C3=O)c2c1. The normalized spacial score (nSPS) is 15.3. The van der Waals surface area contributed by atoms with E-state index in [0.717, 1.165) is 27.4 Å². The highest BCUT2D eigenvalue weighted by Crippen LogP contribution is 2.38. The van der Waals surface area contributed by atoms with E-state index in [-0.39, 0.29) is 17.6 Å². The van der Waals surface area contributed by atoms with Crippen molar-refractivity contribution in [3.05, 3.63) is 76.4 Å². The molecule has 0 radical (unpaired) electrons. The van der Waals surface area contributed by atoms with E-state index in [1.54, 1.807) is 32.4 Å². The quantitative estimate of drug-likeness (QED) is 0.526. The van der Waals surface area contributed by atoms with Crippen LogP contribution in [0, 0.1) is 5.82 Å². The zero-order valence-corrected chi connectivity index (χ0v) is 17.2. The molecule has 1 aliphatic rings. The lowest BCUT2D eigenvalue weighted by Crippen LogP contribution is -2.27. The van der Waals surface area contributed by atoms with Gasteiger partial charge >= 0.3 is 0 Å². The first-order valence-electron chi connectivity index (χ1n) is 9.14. The van der Waals surface area contributed by atoms with Gasteiger partial charge in [-0.2, -0.15) is 0 Å². The molecule has 30 heavy (non-hydrogen) atoms. The van der Waals surface area contributed by atoms with Gasteiger partial charge in [0.2, 0.25) is 0 Å². The Morgan fingerprint density at radius 2 is 1.73 bits per heavy atom. The topological polar surface area (TPSA) is 55.8 Å². The third kappa shape index (κ3) is 3.76. The minimum Gasteiger partial charge on any atom is -0.497 e. The number of methoxy groups -OCH3 is 2. The van der Waals surface area contributed by atoms with E-state index in [1.165, 1.54) is 12.1 Å². The predicted octanol–water partition coefficient (Wildman–Crippen LogP) is 5.23. The lowest BCUT2D eigenvalue weighted by Gasteiger charge is -2.13. The van der Waals surface area contributed by atoms with E-state index in [1.807, 2.05) is 30.3 Å². The number of imide groups is 1. The third-order valence-electron chi connectivity index (χ3n) is 4.85. The summed E-state index contributed by atoms with van der Waals surface area (Å²) in [5, 5.41) is 1.43. The summed E-state index contributed by atoms with van der Waals surface area (Å²) in [5.74, 6) is 0.499. The van der Waals surface area contributed by atoms with Crippen LogP contribution in [0.3, 0.4) is 0 Å². The number of rotatable bonds is 5. The second-order valence-electron chi connectivity index (χ2n) is 6.66. The smallest absolute Gasteiger partial charge is 0.293 e. The van der Waals surface area contributed by atoms with E-state index in [0.29, 0.717) is 27.5 Å². The molecular weight excluding hydrogens is 405 g/mol. The van der Waals surface area contributed by atoms with Crippen molar-refractivity contribution < 1.29 is 23.5 Å². The molecular formula is C23H18FNO4S. The molecule has 0 saturated carbocycles. The largest absolute Gasteiger partial charge is 0.497 e. The summed E-state index contributed by atoms with van der Waals surface area (Å²) >= 11 is 0.874. The molecule has 1 aliphatic heterocycles. The molecule has 3 aromatic rings. The van der Waals surface area contributed by atoms with Crippen molar-refractivity contribution in [3.63, 3.8) is 0 Å². The summed E-state index contributed by atoms with van der Waals surface area (Å²) in [6, 6.07) is 15.1. The number of thioether (sulfide) groups is 1. The fourth-order valence-corrected chi connectivity index (χ4v) is 4.12. The minimum atomic E-state index is -0.392. The molecule has 2 amide bonds. The molecule has 0 aromatic heterocycles. The first-order chi connectivity index (χ1) is 14.5. The van der Waals surface area contributed by atoms with E-state index >= 15 is 0 Å². The molecule has 0 bridgehead atoms. The highest BCUT2D eigenvalue weighted by molar-refractivity contribution is 8.18. The minimum absolute atomic E-state index is 0.0861. The third-order valence-corrected chi connectivity index (χ3v) is 5.76. The Morgan fingerprint density at radius 1 is 1.00 bits per heavy atom. The van der Waals surface area contributed by atoms with Crippen molar-refractivity contribution in [1.82, 2.24) is 4.90 Å². The van der Waals surface area contributed by atoms with Gasteiger partial charge in [0.05, 0.1) is 25.7 Å². The van der Waals surface area contributed by atoms with Gasteiger partial charge in [-0.15, -0.1) is 0 Å². The Morgan fingerprint density at radius 3 is 2.43 bits per heavy atom. The van der Waals surface area contributed by atoms with Crippen LogP contribution in [0.5, 0.6) is 11.5 Å². The highest BCUT2D eigenvalue weighted by Gasteiger charge is 2.35. The van der Waals surface area contributed by atoms with Gasteiger partial charge in [0.25, 0.3) is 11.1 Å². The molecule has 0 aliphatic carbocycles. The highest BCUT2D eigenvalue weighted by atomic mass is 32.2. The second-order valence-corrected chi connectivity index (χ2v) is 7.66. The number of fused-ring (bicyclic) bond motifs is 1. The Kier molecular flexibility index (Phi) is 5.46. The van der Waals surface area contributed by atoms with Gasteiger partial charge in [-0.3, -0.25) is 14.5 Å². The van der Waals surface area contributed by atoms with Crippen LogP contribution in [-0.4, -0.2) is 30.3 Å². The number of carbonyl (C=O) groups is 2. The lowest BCUT2D eigenvalue weighted by molar-refractivity contribution is -0.123. The Balaban J connectivity index is 1.72. The Labute approximate surface area is 177 Å². The van der Waals surface area contributed by atoms with Crippen molar-refractivity contribution in [1.29, 1.82) is 0 Å². The monoisotopic (exact) mass is 423 g/mol. The number of hydrogen-bond acceptors (Lipinski definition) is 5. The van der Waals surface area contributed by atoms with Crippen LogP contribution in [-0.2, 0) is 11.3 Å². The van der Waals surface area contributed by atoms with Crippen LogP contribution in [0.4, 0.5) is 9.18 Å². The molecule has 0 atom stereocenters.